The second-order valence-corrected chi connectivity index (χ2v) is 6.22. The van der Waals surface area contributed by atoms with E-state index < -0.39 is 0 Å². The number of benzene rings is 1. The number of thioether (sulfide) groups is 1. The molecule has 0 bridgehead atoms. The Morgan fingerprint density at radius 3 is 3.00 bits per heavy atom. The predicted molar refractivity (Wildman–Crippen MR) is 80.9 cm³/mol. The largest absolute Gasteiger partial charge is 0.497 e. The molecule has 3 nitrogen and oxygen atoms in total. The Morgan fingerprint density at radius 1 is 1.47 bits per heavy atom. The summed E-state index contributed by atoms with van der Waals surface area (Å²) in [5.41, 5.74) is 1.59. The third-order valence-corrected chi connectivity index (χ3v) is 4.85. The van der Waals surface area contributed by atoms with Crippen LogP contribution in [0.2, 0.25) is 0 Å². The molecular weight excluding hydrogens is 256 g/mol. The summed E-state index contributed by atoms with van der Waals surface area (Å²) in [5, 5.41) is 13.4. The van der Waals surface area contributed by atoms with Gasteiger partial charge in [-0.2, -0.15) is 17.0 Å². The number of nitrogens with one attached hydrogen (secondary N) is 1. The van der Waals surface area contributed by atoms with E-state index in [2.05, 4.69) is 18.3 Å². The first-order valence-electron chi connectivity index (χ1n) is 6.74. The van der Waals surface area contributed by atoms with Crippen molar-refractivity contribution in [2.45, 2.75) is 37.5 Å². The molecule has 2 unspecified atom stereocenters. The van der Waals surface area contributed by atoms with Gasteiger partial charge in [0, 0.05) is 17.4 Å². The molecule has 0 amide bonds. The average Bonchev–Trinajstić information content (AvgIpc) is 2.86. The van der Waals surface area contributed by atoms with Crippen molar-refractivity contribution in [3.05, 3.63) is 23.8 Å². The molecule has 1 saturated carbocycles. The number of nitriles is 1. The fraction of sp³-hybridized carbons (Fsp3) is 0.533. The van der Waals surface area contributed by atoms with Crippen LogP contribution in [0.15, 0.2) is 18.2 Å². The smallest absolute Gasteiger partial charge is 0.121 e. The highest BCUT2D eigenvalue weighted by Gasteiger charge is 2.27. The summed E-state index contributed by atoms with van der Waals surface area (Å²) < 4.78 is 5.24. The Balaban J connectivity index is 2.15. The zero-order chi connectivity index (χ0) is 13.7. The maximum absolute atomic E-state index is 9.19. The van der Waals surface area contributed by atoms with Crippen LogP contribution in [0, 0.1) is 11.3 Å². The Bertz CT molecular complexity index is 470. The van der Waals surface area contributed by atoms with Gasteiger partial charge in [0.05, 0.1) is 18.4 Å². The Morgan fingerprint density at radius 2 is 2.32 bits per heavy atom. The molecule has 1 fully saturated rings. The van der Waals surface area contributed by atoms with Gasteiger partial charge in [0.2, 0.25) is 0 Å². The quantitative estimate of drug-likeness (QED) is 0.891. The van der Waals surface area contributed by atoms with Crippen molar-refractivity contribution in [2.24, 2.45) is 0 Å². The second-order valence-electron chi connectivity index (χ2n) is 4.70. The van der Waals surface area contributed by atoms with E-state index in [1.165, 1.54) is 19.3 Å². The normalized spacial score (nSPS) is 21.9. The zero-order valence-corrected chi connectivity index (χ0v) is 12.3. The summed E-state index contributed by atoms with van der Waals surface area (Å²) >= 11 is 2.01. The van der Waals surface area contributed by atoms with E-state index in [0.29, 0.717) is 16.9 Å². The summed E-state index contributed by atoms with van der Waals surface area (Å²) in [6.45, 7) is 2.20. The van der Waals surface area contributed by atoms with Crippen LogP contribution in [0.1, 0.15) is 31.7 Å². The minimum Gasteiger partial charge on any atom is -0.497 e. The average molecular weight is 276 g/mol. The molecule has 1 aromatic rings. The highest BCUT2D eigenvalue weighted by atomic mass is 32.2. The van der Waals surface area contributed by atoms with E-state index in [0.717, 1.165) is 17.2 Å². The molecule has 0 aromatic heterocycles. The molecule has 102 valence electrons. The van der Waals surface area contributed by atoms with Gasteiger partial charge in [-0.3, -0.25) is 0 Å². The standard InChI is InChI=1S/C15H20N2OS/c1-3-19-15-6-4-5-13(15)17-14-9-12(18-2)8-7-11(14)10-16/h7-9,13,15,17H,3-6H2,1-2H3. The van der Waals surface area contributed by atoms with Crippen molar-refractivity contribution in [1.82, 2.24) is 0 Å². The third-order valence-electron chi connectivity index (χ3n) is 3.52. The lowest BCUT2D eigenvalue weighted by molar-refractivity contribution is 0.415. The lowest BCUT2D eigenvalue weighted by Crippen LogP contribution is -2.26. The summed E-state index contributed by atoms with van der Waals surface area (Å²) in [6, 6.07) is 8.27. The van der Waals surface area contributed by atoms with Gasteiger partial charge < -0.3 is 10.1 Å². The fourth-order valence-corrected chi connectivity index (χ4v) is 3.77. The van der Waals surface area contributed by atoms with E-state index in [1.807, 2.05) is 30.0 Å². The van der Waals surface area contributed by atoms with Crippen molar-refractivity contribution in [2.75, 3.05) is 18.2 Å². The molecule has 0 spiro atoms. The summed E-state index contributed by atoms with van der Waals surface area (Å²) in [7, 11) is 1.65. The molecule has 0 aliphatic heterocycles. The molecule has 1 N–H and O–H groups in total. The summed E-state index contributed by atoms with van der Waals surface area (Å²) in [4.78, 5) is 0. The number of anilines is 1. The van der Waals surface area contributed by atoms with E-state index in [-0.39, 0.29) is 0 Å². The zero-order valence-electron chi connectivity index (χ0n) is 11.5. The van der Waals surface area contributed by atoms with Crippen molar-refractivity contribution in [1.29, 1.82) is 5.26 Å². The fourth-order valence-electron chi connectivity index (χ4n) is 2.57. The number of hydrogen-bond donors (Lipinski definition) is 1. The van der Waals surface area contributed by atoms with Gasteiger partial charge in [0.1, 0.15) is 11.8 Å². The van der Waals surface area contributed by atoms with Gasteiger partial charge in [-0.05, 0) is 30.7 Å². The molecule has 0 radical (unpaired) electrons. The Labute approximate surface area is 119 Å². The van der Waals surface area contributed by atoms with Crippen LogP contribution in [-0.4, -0.2) is 24.2 Å². The molecule has 4 heteroatoms. The predicted octanol–water partition coefficient (Wildman–Crippen LogP) is 3.65. The molecule has 2 atom stereocenters. The lowest BCUT2D eigenvalue weighted by atomic mass is 10.1. The first kappa shape index (κ1) is 14.1. The third kappa shape index (κ3) is 3.36. The number of hydrogen-bond acceptors (Lipinski definition) is 4. The van der Waals surface area contributed by atoms with Crippen LogP contribution in [0.25, 0.3) is 0 Å². The van der Waals surface area contributed by atoms with Crippen molar-refractivity contribution in [3.63, 3.8) is 0 Å². The number of nitrogens with zero attached hydrogens (tertiary/aromatic N) is 1. The van der Waals surface area contributed by atoms with Crippen LogP contribution in [0.3, 0.4) is 0 Å². The van der Waals surface area contributed by atoms with Gasteiger partial charge in [0.25, 0.3) is 0 Å². The van der Waals surface area contributed by atoms with Crippen molar-refractivity contribution in [3.8, 4) is 11.8 Å². The molecule has 1 aliphatic rings. The molecule has 1 aromatic carbocycles. The molecule has 2 rings (SSSR count). The van der Waals surface area contributed by atoms with Gasteiger partial charge in [-0.1, -0.05) is 13.3 Å². The maximum Gasteiger partial charge on any atom is 0.121 e. The number of rotatable bonds is 5. The first-order valence-corrected chi connectivity index (χ1v) is 7.79. The number of methoxy groups -OCH3 is 1. The van der Waals surface area contributed by atoms with Crippen LogP contribution in [0.4, 0.5) is 5.69 Å². The molecule has 0 saturated heterocycles. The first-order chi connectivity index (χ1) is 9.28. The lowest BCUT2D eigenvalue weighted by Gasteiger charge is -2.22. The molecular formula is C15H20N2OS. The summed E-state index contributed by atoms with van der Waals surface area (Å²) in [5.74, 6) is 1.94. The highest BCUT2D eigenvalue weighted by molar-refractivity contribution is 7.99. The molecule has 1 aliphatic carbocycles. The van der Waals surface area contributed by atoms with E-state index in [1.54, 1.807) is 7.11 Å². The van der Waals surface area contributed by atoms with Gasteiger partial charge in [0.15, 0.2) is 0 Å². The van der Waals surface area contributed by atoms with Crippen LogP contribution >= 0.6 is 11.8 Å². The van der Waals surface area contributed by atoms with Gasteiger partial charge >= 0.3 is 0 Å². The van der Waals surface area contributed by atoms with Crippen LogP contribution in [0.5, 0.6) is 5.75 Å². The van der Waals surface area contributed by atoms with Crippen LogP contribution in [-0.2, 0) is 0 Å². The monoisotopic (exact) mass is 276 g/mol. The molecule has 19 heavy (non-hydrogen) atoms. The van der Waals surface area contributed by atoms with E-state index >= 15 is 0 Å². The topological polar surface area (TPSA) is 45.0 Å². The maximum atomic E-state index is 9.19. The highest BCUT2D eigenvalue weighted by Crippen LogP contribution is 2.33. The Hall–Kier alpha value is -1.34. The number of ether oxygens (including phenoxy) is 1. The van der Waals surface area contributed by atoms with Crippen molar-refractivity contribution < 1.29 is 4.74 Å². The molecule has 0 heterocycles. The van der Waals surface area contributed by atoms with Gasteiger partial charge in [-0.25, -0.2) is 0 Å². The summed E-state index contributed by atoms with van der Waals surface area (Å²) in [6.07, 6.45) is 3.71. The Kier molecular flexibility index (Phi) is 4.98. The minimum atomic E-state index is 0.462. The van der Waals surface area contributed by atoms with E-state index in [9.17, 15) is 5.26 Å². The second kappa shape index (κ2) is 6.72. The van der Waals surface area contributed by atoms with Crippen molar-refractivity contribution >= 4 is 17.4 Å². The van der Waals surface area contributed by atoms with E-state index in [4.69, 9.17) is 4.74 Å². The van der Waals surface area contributed by atoms with Crippen LogP contribution < -0.4 is 10.1 Å². The SMILES string of the molecule is CCSC1CCCC1Nc1cc(OC)ccc1C#N. The minimum absolute atomic E-state index is 0.462. The van der Waals surface area contributed by atoms with Gasteiger partial charge in [-0.15, -0.1) is 0 Å².